The Morgan fingerprint density at radius 2 is 2.00 bits per heavy atom. The van der Waals surface area contributed by atoms with Gasteiger partial charge in [0.2, 0.25) is 0 Å². The molecular weight excluding hydrogens is 262 g/mol. The predicted molar refractivity (Wildman–Crippen MR) is 84.6 cm³/mol. The Morgan fingerprint density at radius 1 is 1.19 bits per heavy atom. The topological polar surface area (TPSA) is 36.4 Å². The van der Waals surface area contributed by atoms with Crippen LogP contribution in [0, 0.1) is 5.92 Å². The summed E-state index contributed by atoms with van der Waals surface area (Å²) in [6.07, 6.45) is 7.93. The molecule has 3 rings (SSSR count). The van der Waals surface area contributed by atoms with E-state index < -0.39 is 0 Å². The minimum atomic E-state index is 0.0976. The summed E-state index contributed by atoms with van der Waals surface area (Å²) in [6.45, 7) is 6.15. The first-order valence-corrected chi connectivity index (χ1v) is 8.24. The standard InChI is InChI=1S/C17H25N3O/c1-14-6-5-11-20(13-14)17(21)16-12-15(7-8-18-16)19-9-3-2-4-10-19/h7-8,12,14H,2-6,9-11,13H2,1H3. The molecule has 2 aliphatic heterocycles. The second-order valence-corrected chi connectivity index (χ2v) is 6.45. The molecule has 1 atom stereocenters. The van der Waals surface area contributed by atoms with Crippen LogP contribution in [0.1, 0.15) is 49.5 Å². The molecule has 2 fully saturated rings. The second kappa shape index (κ2) is 6.46. The number of carbonyl (C=O) groups excluding carboxylic acids is 1. The van der Waals surface area contributed by atoms with Crippen LogP contribution in [0.5, 0.6) is 0 Å². The minimum absolute atomic E-state index is 0.0976. The molecule has 4 nitrogen and oxygen atoms in total. The molecule has 3 heterocycles. The zero-order valence-corrected chi connectivity index (χ0v) is 12.9. The van der Waals surface area contributed by atoms with Gasteiger partial charge in [0.1, 0.15) is 5.69 Å². The van der Waals surface area contributed by atoms with Crippen LogP contribution >= 0.6 is 0 Å². The fourth-order valence-corrected chi connectivity index (χ4v) is 3.42. The van der Waals surface area contributed by atoms with Gasteiger partial charge in [-0.1, -0.05) is 6.92 Å². The number of pyridine rings is 1. The molecule has 1 aromatic heterocycles. The molecule has 0 spiro atoms. The Labute approximate surface area is 127 Å². The van der Waals surface area contributed by atoms with Crippen LogP contribution in [0.3, 0.4) is 0 Å². The first kappa shape index (κ1) is 14.4. The van der Waals surface area contributed by atoms with E-state index in [4.69, 9.17) is 0 Å². The van der Waals surface area contributed by atoms with Gasteiger partial charge >= 0.3 is 0 Å². The van der Waals surface area contributed by atoms with Crippen molar-refractivity contribution in [2.45, 2.75) is 39.0 Å². The van der Waals surface area contributed by atoms with Gasteiger partial charge < -0.3 is 9.80 Å². The third kappa shape index (κ3) is 3.36. The molecule has 2 saturated heterocycles. The highest BCUT2D eigenvalue weighted by Crippen LogP contribution is 2.22. The fraction of sp³-hybridized carbons (Fsp3) is 0.647. The Morgan fingerprint density at radius 3 is 2.76 bits per heavy atom. The lowest BCUT2D eigenvalue weighted by Gasteiger charge is -2.31. The van der Waals surface area contributed by atoms with Gasteiger partial charge in [0.15, 0.2) is 0 Å². The molecule has 1 amide bonds. The highest BCUT2D eigenvalue weighted by molar-refractivity contribution is 5.93. The van der Waals surface area contributed by atoms with Crippen molar-refractivity contribution in [2.24, 2.45) is 5.92 Å². The lowest BCUT2D eigenvalue weighted by Crippen LogP contribution is -2.39. The molecular formula is C17H25N3O. The van der Waals surface area contributed by atoms with Crippen LogP contribution < -0.4 is 4.90 Å². The van der Waals surface area contributed by atoms with E-state index in [1.807, 2.05) is 17.0 Å². The number of anilines is 1. The van der Waals surface area contributed by atoms with Crippen LogP contribution in [0.2, 0.25) is 0 Å². The number of rotatable bonds is 2. The van der Waals surface area contributed by atoms with Gasteiger partial charge in [-0.2, -0.15) is 0 Å². The highest BCUT2D eigenvalue weighted by atomic mass is 16.2. The Bertz CT molecular complexity index is 497. The van der Waals surface area contributed by atoms with Crippen LogP contribution in [0.25, 0.3) is 0 Å². The van der Waals surface area contributed by atoms with E-state index in [1.54, 1.807) is 6.20 Å². The number of carbonyl (C=O) groups is 1. The number of aromatic nitrogens is 1. The Balaban J connectivity index is 1.74. The third-order valence-electron chi connectivity index (χ3n) is 4.63. The van der Waals surface area contributed by atoms with Crippen LogP contribution in [0.4, 0.5) is 5.69 Å². The molecule has 21 heavy (non-hydrogen) atoms. The lowest BCUT2D eigenvalue weighted by atomic mass is 10.00. The van der Waals surface area contributed by atoms with Gasteiger partial charge in [0.05, 0.1) is 0 Å². The molecule has 0 N–H and O–H groups in total. The predicted octanol–water partition coefficient (Wildman–Crippen LogP) is 2.94. The van der Waals surface area contributed by atoms with Gasteiger partial charge in [-0.25, -0.2) is 0 Å². The largest absolute Gasteiger partial charge is 0.371 e. The number of piperidine rings is 2. The van der Waals surface area contributed by atoms with Crippen LogP contribution in [0.15, 0.2) is 18.3 Å². The number of likely N-dealkylation sites (tertiary alicyclic amines) is 1. The summed E-state index contributed by atoms with van der Waals surface area (Å²) >= 11 is 0. The molecule has 0 saturated carbocycles. The van der Waals surface area contributed by atoms with Crippen molar-refractivity contribution >= 4 is 11.6 Å². The van der Waals surface area contributed by atoms with Crippen molar-refractivity contribution in [1.29, 1.82) is 0 Å². The maximum Gasteiger partial charge on any atom is 0.272 e. The van der Waals surface area contributed by atoms with Crippen molar-refractivity contribution < 1.29 is 4.79 Å². The summed E-state index contributed by atoms with van der Waals surface area (Å²) in [4.78, 5) is 21.3. The van der Waals surface area contributed by atoms with Gasteiger partial charge in [-0.05, 0) is 50.2 Å². The van der Waals surface area contributed by atoms with Crippen molar-refractivity contribution in [3.63, 3.8) is 0 Å². The molecule has 1 aromatic rings. The smallest absolute Gasteiger partial charge is 0.272 e. The number of hydrogen-bond acceptors (Lipinski definition) is 3. The summed E-state index contributed by atoms with van der Waals surface area (Å²) in [5.74, 6) is 0.702. The van der Waals surface area contributed by atoms with E-state index in [0.717, 1.165) is 38.3 Å². The van der Waals surface area contributed by atoms with E-state index in [9.17, 15) is 4.79 Å². The van der Waals surface area contributed by atoms with Crippen molar-refractivity contribution in [3.05, 3.63) is 24.0 Å². The number of hydrogen-bond donors (Lipinski definition) is 0. The first-order chi connectivity index (χ1) is 10.2. The first-order valence-electron chi connectivity index (χ1n) is 8.24. The fourth-order valence-electron chi connectivity index (χ4n) is 3.42. The summed E-state index contributed by atoms with van der Waals surface area (Å²) < 4.78 is 0. The molecule has 114 valence electrons. The summed E-state index contributed by atoms with van der Waals surface area (Å²) in [6, 6.07) is 4.01. The van der Waals surface area contributed by atoms with Crippen LogP contribution in [-0.2, 0) is 0 Å². The monoisotopic (exact) mass is 287 g/mol. The van der Waals surface area contributed by atoms with E-state index in [0.29, 0.717) is 11.6 Å². The third-order valence-corrected chi connectivity index (χ3v) is 4.63. The molecule has 1 unspecified atom stereocenters. The zero-order valence-electron chi connectivity index (χ0n) is 12.9. The normalized spacial score (nSPS) is 23.2. The molecule has 0 aliphatic carbocycles. The minimum Gasteiger partial charge on any atom is -0.371 e. The number of amides is 1. The van der Waals surface area contributed by atoms with E-state index >= 15 is 0 Å². The zero-order chi connectivity index (χ0) is 14.7. The molecule has 0 bridgehead atoms. The summed E-state index contributed by atoms with van der Waals surface area (Å²) in [5.41, 5.74) is 1.75. The SMILES string of the molecule is CC1CCCN(C(=O)c2cc(N3CCCCC3)ccn2)C1. The van der Waals surface area contributed by atoms with Gasteiger partial charge in [0, 0.05) is 38.1 Å². The van der Waals surface area contributed by atoms with E-state index in [1.165, 1.54) is 25.7 Å². The molecule has 2 aliphatic rings. The number of nitrogens with zero attached hydrogens (tertiary/aromatic N) is 3. The van der Waals surface area contributed by atoms with Gasteiger partial charge in [-0.3, -0.25) is 9.78 Å². The Kier molecular flexibility index (Phi) is 4.42. The Hall–Kier alpha value is -1.58. The quantitative estimate of drug-likeness (QED) is 0.839. The highest BCUT2D eigenvalue weighted by Gasteiger charge is 2.23. The maximum absolute atomic E-state index is 12.6. The van der Waals surface area contributed by atoms with E-state index in [-0.39, 0.29) is 5.91 Å². The average molecular weight is 287 g/mol. The second-order valence-electron chi connectivity index (χ2n) is 6.45. The van der Waals surface area contributed by atoms with Crippen molar-refractivity contribution in [3.8, 4) is 0 Å². The molecule has 0 radical (unpaired) electrons. The van der Waals surface area contributed by atoms with Crippen molar-refractivity contribution in [2.75, 3.05) is 31.1 Å². The van der Waals surface area contributed by atoms with Crippen LogP contribution in [-0.4, -0.2) is 42.0 Å². The van der Waals surface area contributed by atoms with Crippen molar-refractivity contribution in [1.82, 2.24) is 9.88 Å². The molecule has 4 heteroatoms. The van der Waals surface area contributed by atoms with Gasteiger partial charge in [-0.15, -0.1) is 0 Å². The average Bonchev–Trinajstić information content (AvgIpc) is 2.55. The maximum atomic E-state index is 12.6. The lowest BCUT2D eigenvalue weighted by molar-refractivity contribution is 0.0677. The molecule has 0 aromatic carbocycles. The van der Waals surface area contributed by atoms with E-state index in [2.05, 4.69) is 16.8 Å². The summed E-state index contributed by atoms with van der Waals surface area (Å²) in [5, 5.41) is 0. The summed E-state index contributed by atoms with van der Waals surface area (Å²) in [7, 11) is 0. The van der Waals surface area contributed by atoms with Gasteiger partial charge in [0.25, 0.3) is 5.91 Å².